The molecule has 242 valence electrons. The lowest BCUT2D eigenvalue weighted by atomic mass is 9.75. The van der Waals surface area contributed by atoms with E-state index in [1.54, 1.807) is 11.0 Å². The summed E-state index contributed by atoms with van der Waals surface area (Å²) in [7, 11) is -2.43. The van der Waals surface area contributed by atoms with Crippen LogP contribution in [0.5, 0.6) is 0 Å². The largest absolute Gasteiger partial charge is 0.503 e. The van der Waals surface area contributed by atoms with Crippen molar-refractivity contribution in [3.8, 4) is 0 Å². The average Bonchev–Trinajstić information content (AvgIpc) is 3.30. The molecule has 1 N–H and O–H groups in total. The molecule has 0 aromatic heterocycles. The van der Waals surface area contributed by atoms with E-state index in [1.165, 1.54) is 6.42 Å². The second-order valence-corrected chi connectivity index (χ2v) is 19.5. The highest BCUT2D eigenvalue weighted by atomic mass is 28.4. The van der Waals surface area contributed by atoms with Crippen LogP contribution in [0.3, 0.4) is 0 Å². The molecule has 1 aliphatic heterocycles. The van der Waals surface area contributed by atoms with Gasteiger partial charge in [0.05, 0.1) is 17.8 Å². The van der Waals surface area contributed by atoms with Crippen LogP contribution in [0.25, 0.3) is 0 Å². The van der Waals surface area contributed by atoms with Crippen LogP contribution in [0.4, 0.5) is 4.79 Å². The fourth-order valence-corrected chi connectivity index (χ4v) is 12.6. The molecule has 3 rings (SSSR count). The van der Waals surface area contributed by atoms with Crippen molar-refractivity contribution in [3.05, 3.63) is 47.5 Å². The maximum absolute atomic E-state index is 13.8. The molecule has 1 amide bonds. The number of aliphatic hydroxyl groups is 1. The summed E-state index contributed by atoms with van der Waals surface area (Å²) in [4.78, 5) is 28.2. The quantitative estimate of drug-likeness (QED) is 0.168. The topological polar surface area (TPSA) is 85.3 Å². The number of hydrogen-bond acceptors (Lipinski definition) is 6. The van der Waals surface area contributed by atoms with Crippen LogP contribution in [-0.2, 0) is 25.2 Å². The van der Waals surface area contributed by atoms with Gasteiger partial charge >= 0.3 is 12.1 Å². The third-order valence-electron chi connectivity index (χ3n) is 9.76. The minimum Gasteiger partial charge on any atom is -0.503 e. The van der Waals surface area contributed by atoms with Gasteiger partial charge in [0, 0.05) is 13.1 Å². The Morgan fingerprint density at radius 3 is 2.23 bits per heavy atom. The summed E-state index contributed by atoms with van der Waals surface area (Å²) < 4.78 is 18.3. The second kappa shape index (κ2) is 15.7. The first-order valence-electron chi connectivity index (χ1n) is 16.5. The monoisotopic (exact) mass is 615 g/mol. The van der Waals surface area contributed by atoms with E-state index in [1.807, 2.05) is 30.3 Å². The van der Waals surface area contributed by atoms with Crippen molar-refractivity contribution >= 4 is 20.4 Å². The number of ether oxygens (including phenoxy) is 2. The lowest BCUT2D eigenvalue weighted by Gasteiger charge is -2.42. The Labute approximate surface area is 261 Å². The highest BCUT2D eigenvalue weighted by molar-refractivity contribution is 6.78. The third-order valence-corrected chi connectivity index (χ3v) is 15.7. The standard InChI is InChI=1S/C35H57NO6Si/c1-23(2)29-18-17-27(9)20-32(29)40-33-21-30(34(38)41-33)31(37)16-13-19-36(22-28-14-11-10-12-15-28)35(39)42-43(24(3)4,25(5)6)26(7)8/h10-12,14-15,21,23-27,29,31-33,37H,13,16-20,22H2,1-9H3/t27-,29+,31+,32-,33-/m1/s1. The Morgan fingerprint density at radius 2 is 1.65 bits per heavy atom. The Balaban J connectivity index is 1.67. The van der Waals surface area contributed by atoms with Crippen molar-refractivity contribution in [1.82, 2.24) is 4.90 Å². The number of rotatable bonds is 14. The first kappa shape index (κ1) is 35.3. The summed E-state index contributed by atoms with van der Waals surface area (Å²) in [5.41, 5.74) is 2.10. The number of carbonyl (C=O) groups is 2. The van der Waals surface area contributed by atoms with Gasteiger partial charge in [-0.05, 0) is 71.7 Å². The maximum atomic E-state index is 13.8. The number of esters is 1. The van der Waals surface area contributed by atoms with Gasteiger partial charge in [-0.2, -0.15) is 0 Å². The van der Waals surface area contributed by atoms with E-state index < -0.39 is 26.7 Å². The number of benzene rings is 1. The Kier molecular flexibility index (Phi) is 12.9. The van der Waals surface area contributed by atoms with Crippen LogP contribution in [0, 0.1) is 17.8 Å². The molecular weight excluding hydrogens is 558 g/mol. The van der Waals surface area contributed by atoms with Gasteiger partial charge in [-0.1, -0.05) is 99.1 Å². The van der Waals surface area contributed by atoms with Gasteiger partial charge in [0.15, 0.2) is 0 Å². The molecule has 1 aromatic carbocycles. The molecule has 1 aromatic rings. The first-order chi connectivity index (χ1) is 20.3. The zero-order valence-corrected chi connectivity index (χ0v) is 29.0. The van der Waals surface area contributed by atoms with Gasteiger partial charge in [-0.25, -0.2) is 9.59 Å². The van der Waals surface area contributed by atoms with Gasteiger partial charge in [-0.3, -0.25) is 0 Å². The fourth-order valence-electron chi connectivity index (χ4n) is 7.42. The van der Waals surface area contributed by atoms with E-state index in [0.717, 1.165) is 18.4 Å². The van der Waals surface area contributed by atoms with Crippen molar-refractivity contribution in [1.29, 1.82) is 0 Å². The Hall–Kier alpha value is -2.16. The highest BCUT2D eigenvalue weighted by Gasteiger charge is 2.49. The summed E-state index contributed by atoms with van der Waals surface area (Å²) in [6.45, 7) is 20.5. The lowest BCUT2D eigenvalue weighted by Crippen LogP contribution is -2.51. The molecule has 1 heterocycles. The van der Waals surface area contributed by atoms with E-state index >= 15 is 0 Å². The molecule has 0 bridgehead atoms. The minimum absolute atomic E-state index is 0.0324. The van der Waals surface area contributed by atoms with Crippen molar-refractivity contribution in [2.75, 3.05) is 6.54 Å². The number of hydrogen-bond donors (Lipinski definition) is 1. The smallest absolute Gasteiger partial charge is 0.396 e. The van der Waals surface area contributed by atoms with Crippen LogP contribution in [0.1, 0.15) is 100.0 Å². The SMILES string of the molecule is CC(C)[C@@H]1CC[C@@H](C)C[C@H]1O[C@H]1C=C([C@@H](O)CCCN(Cc2ccccc2)C(=O)O[Si](C(C)C)(C(C)C)C(C)C)C(=O)O1. The number of carbonyl (C=O) groups excluding carboxylic acids is 2. The van der Waals surface area contributed by atoms with Crippen molar-refractivity contribution in [2.24, 2.45) is 17.8 Å². The fraction of sp³-hybridized carbons (Fsp3) is 0.714. The van der Waals surface area contributed by atoms with Gasteiger partial charge in [-0.15, -0.1) is 0 Å². The van der Waals surface area contributed by atoms with Crippen LogP contribution in [0.15, 0.2) is 42.0 Å². The summed E-state index contributed by atoms with van der Waals surface area (Å²) in [6, 6.07) is 9.89. The first-order valence-corrected chi connectivity index (χ1v) is 18.7. The zero-order valence-electron chi connectivity index (χ0n) is 28.0. The van der Waals surface area contributed by atoms with E-state index in [9.17, 15) is 14.7 Å². The number of amides is 1. The molecule has 0 spiro atoms. The Morgan fingerprint density at radius 1 is 1.02 bits per heavy atom. The van der Waals surface area contributed by atoms with Crippen LogP contribution in [-0.4, -0.2) is 55.4 Å². The number of cyclic esters (lactones) is 1. The molecule has 0 unspecified atom stereocenters. The predicted molar refractivity (Wildman–Crippen MR) is 174 cm³/mol. The molecule has 2 aliphatic rings. The summed E-state index contributed by atoms with van der Waals surface area (Å²) in [5.74, 6) is 0.968. The maximum Gasteiger partial charge on any atom is 0.396 e. The highest BCUT2D eigenvalue weighted by Crippen LogP contribution is 2.43. The molecule has 1 fully saturated rings. The molecule has 0 saturated heterocycles. The van der Waals surface area contributed by atoms with Crippen molar-refractivity contribution < 1.29 is 28.6 Å². The molecule has 0 radical (unpaired) electrons. The molecule has 1 aliphatic carbocycles. The second-order valence-electron chi connectivity index (χ2n) is 14.1. The van der Waals surface area contributed by atoms with Gasteiger partial charge < -0.3 is 23.9 Å². The van der Waals surface area contributed by atoms with Crippen LogP contribution >= 0.6 is 0 Å². The van der Waals surface area contributed by atoms with Gasteiger partial charge in [0.1, 0.15) is 0 Å². The molecule has 5 atom stereocenters. The Bertz CT molecular complexity index is 1050. The van der Waals surface area contributed by atoms with E-state index in [-0.39, 0.29) is 34.4 Å². The number of nitrogens with zero attached hydrogens (tertiary/aromatic N) is 1. The van der Waals surface area contributed by atoms with Crippen molar-refractivity contribution in [3.63, 3.8) is 0 Å². The summed E-state index contributed by atoms with van der Waals surface area (Å²) in [6.07, 6.45) is 3.71. The normalized spacial score (nSPS) is 23.6. The average molecular weight is 616 g/mol. The van der Waals surface area contributed by atoms with Gasteiger partial charge in [0.2, 0.25) is 6.29 Å². The van der Waals surface area contributed by atoms with Crippen LogP contribution in [0.2, 0.25) is 16.6 Å². The minimum atomic E-state index is -2.43. The summed E-state index contributed by atoms with van der Waals surface area (Å²) >= 11 is 0. The van der Waals surface area contributed by atoms with Crippen molar-refractivity contribution in [2.45, 2.75) is 136 Å². The number of aliphatic hydroxyl groups excluding tert-OH is 1. The van der Waals surface area contributed by atoms with E-state index in [0.29, 0.717) is 43.7 Å². The molecule has 7 nitrogen and oxygen atoms in total. The van der Waals surface area contributed by atoms with Gasteiger partial charge in [0.25, 0.3) is 8.32 Å². The third kappa shape index (κ3) is 8.95. The lowest BCUT2D eigenvalue weighted by molar-refractivity contribution is -0.179. The van der Waals surface area contributed by atoms with E-state index in [4.69, 9.17) is 13.9 Å². The molecule has 1 saturated carbocycles. The van der Waals surface area contributed by atoms with E-state index in [2.05, 4.69) is 62.3 Å². The summed E-state index contributed by atoms with van der Waals surface area (Å²) in [5, 5.41) is 11.0. The van der Waals surface area contributed by atoms with Crippen LogP contribution < -0.4 is 0 Å². The molecule has 43 heavy (non-hydrogen) atoms. The predicted octanol–water partition coefficient (Wildman–Crippen LogP) is 8.23. The molecular formula is C35H57NO6Si. The zero-order chi connectivity index (χ0) is 31.9. The molecule has 8 heteroatoms.